The number of hydrogen-bond acceptors (Lipinski definition) is 5. The molecule has 0 heterocycles. The molecule has 0 bridgehead atoms. The Labute approximate surface area is 172 Å². The lowest BCUT2D eigenvalue weighted by molar-refractivity contribution is 0.0586. The van der Waals surface area contributed by atoms with E-state index < -0.39 is 34.7 Å². The fourth-order valence-corrected chi connectivity index (χ4v) is 2.81. The number of methoxy groups -OCH3 is 2. The van der Waals surface area contributed by atoms with Gasteiger partial charge in [-0.2, -0.15) is 0 Å². The van der Waals surface area contributed by atoms with Crippen LogP contribution in [0.3, 0.4) is 0 Å². The van der Waals surface area contributed by atoms with Gasteiger partial charge in [0.25, 0.3) is 0 Å². The number of halogens is 2. The number of rotatable bonds is 8. The van der Waals surface area contributed by atoms with Crippen molar-refractivity contribution in [3.63, 3.8) is 0 Å². The minimum Gasteiger partial charge on any atom is -0.490 e. The first kappa shape index (κ1) is 21.1. The van der Waals surface area contributed by atoms with Crippen LogP contribution >= 0.6 is 0 Å². The smallest absolute Gasteiger partial charge is 0.344 e. The number of carbonyl (C=O) groups excluding carboxylic acids is 1. The fourth-order valence-electron chi connectivity index (χ4n) is 2.81. The van der Waals surface area contributed by atoms with Crippen LogP contribution in [0, 0.1) is 11.6 Å². The molecule has 3 aromatic rings. The van der Waals surface area contributed by atoms with Crippen LogP contribution in [0.5, 0.6) is 17.2 Å². The molecule has 5 nitrogen and oxygen atoms in total. The zero-order chi connectivity index (χ0) is 21.5. The first-order chi connectivity index (χ1) is 14.6. The largest absolute Gasteiger partial charge is 0.490 e. The van der Waals surface area contributed by atoms with Gasteiger partial charge < -0.3 is 18.9 Å². The molecule has 0 unspecified atom stereocenters. The number of ether oxygens (including phenoxy) is 4. The summed E-state index contributed by atoms with van der Waals surface area (Å²) in [5.74, 6) is -4.80. The van der Waals surface area contributed by atoms with E-state index in [9.17, 15) is 9.18 Å². The van der Waals surface area contributed by atoms with Crippen molar-refractivity contribution in [2.24, 2.45) is 0 Å². The molecule has 0 atom stereocenters. The van der Waals surface area contributed by atoms with Gasteiger partial charge in [-0.25, -0.2) is 13.6 Å². The van der Waals surface area contributed by atoms with Gasteiger partial charge in [0.2, 0.25) is 17.2 Å². The summed E-state index contributed by atoms with van der Waals surface area (Å²) in [6.45, 7) is -0.0236. The summed E-state index contributed by atoms with van der Waals surface area (Å²) in [6, 6.07) is 18.0. The minimum absolute atomic E-state index is 0.00927. The number of esters is 1. The van der Waals surface area contributed by atoms with Crippen molar-refractivity contribution in [1.29, 1.82) is 0 Å². The molecule has 0 aliphatic rings. The molecule has 0 amide bonds. The van der Waals surface area contributed by atoms with Crippen LogP contribution in [0.2, 0.25) is 0 Å². The Hall–Kier alpha value is -3.61. The van der Waals surface area contributed by atoms with Gasteiger partial charge in [0.05, 0.1) is 14.2 Å². The number of benzene rings is 3. The van der Waals surface area contributed by atoms with Gasteiger partial charge in [-0.1, -0.05) is 60.7 Å². The third kappa shape index (κ3) is 4.51. The van der Waals surface area contributed by atoms with Crippen LogP contribution in [-0.4, -0.2) is 20.2 Å². The number of carbonyl (C=O) groups is 1. The van der Waals surface area contributed by atoms with E-state index in [-0.39, 0.29) is 19.0 Å². The van der Waals surface area contributed by atoms with Crippen molar-refractivity contribution < 1.29 is 32.5 Å². The van der Waals surface area contributed by atoms with Crippen molar-refractivity contribution in [1.82, 2.24) is 0 Å². The molecule has 0 saturated heterocycles. The van der Waals surface area contributed by atoms with E-state index >= 15 is 4.39 Å². The van der Waals surface area contributed by atoms with Crippen molar-refractivity contribution in [3.05, 3.63) is 89.0 Å². The van der Waals surface area contributed by atoms with Gasteiger partial charge in [0, 0.05) is 0 Å². The average Bonchev–Trinajstić information content (AvgIpc) is 2.78. The Bertz CT molecular complexity index is 1010. The molecular formula is C23H20F2O5. The molecule has 0 spiro atoms. The topological polar surface area (TPSA) is 54.0 Å². The van der Waals surface area contributed by atoms with Crippen molar-refractivity contribution >= 4 is 5.97 Å². The second-order valence-corrected chi connectivity index (χ2v) is 6.23. The molecule has 0 aliphatic heterocycles. The molecule has 3 aromatic carbocycles. The first-order valence-corrected chi connectivity index (χ1v) is 9.07. The summed E-state index contributed by atoms with van der Waals surface area (Å²) in [6.07, 6.45) is 0. The van der Waals surface area contributed by atoms with E-state index in [1.165, 1.54) is 7.11 Å². The summed E-state index contributed by atoms with van der Waals surface area (Å²) in [7, 11) is 2.21. The summed E-state index contributed by atoms with van der Waals surface area (Å²) in [4.78, 5) is 12.0. The van der Waals surface area contributed by atoms with Crippen LogP contribution < -0.4 is 14.2 Å². The van der Waals surface area contributed by atoms with Gasteiger partial charge in [-0.05, 0) is 11.1 Å². The third-order valence-electron chi connectivity index (χ3n) is 4.30. The highest BCUT2D eigenvalue weighted by Gasteiger charge is 2.32. The lowest BCUT2D eigenvalue weighted by Gasteiger charge is -2.19. The minimum atomic E-state index is -1.23. The first-order valence-electron chi connectivity index (χ1n) is 9.07. The highest BCUT2D eigenvalue weighted by Crippen LogP contribution is 2.44. The Morgan fingerprint density at radius 3 is 1.67 bits per heavy atom. The van der Waals surface area contributed by atoms with Crippen molar-refractivity contribution in [2.45, 2.75) is 13.2 Å². The SMILES string of the molecule is COC(=O)c1c(F)c(OC)c(OCc2ccccc2)c(OCc2ccccc2)c1F. The van der Waals surface area contributed by atoms with Crippen LogP contribution in [0.4, 0.5) is 8.78 Å². The van der Waals surface area contributed by atoms with Crippen LogP contribution in [-0.2, 0) is 18.0 Å². The molecule has 0 saturated carbocycles. The van der Waals surface area contributed by atoms with E-state index in [4.69, 9.17) is 14.2 Å². The van der Waals surface area contributed by atoms with Gasteiger partial charge >= 0.3 is 5.97 Å². The van der Waals surface area contributed by atoms with Crippen molar-refractivity contribution in [2.75, 3.05) is 14.2 Å². The van der Waals surface area contributed by atoms with Crippen LogP contribution in [0.1, 0.15) is 21.5 Å². The van der Waals surface area contributed by atoms with Crippen LogP contribution in [0.25, 0.3) is 0 Å². The molecule has 30 heavy (non-hydrogen) atoms. The lowest BCUT2D eigenvalue weighted by atomic mass is 10.1. The van der Waals surface area contributed by atoms with Gasteiger partial charge in [0.1, 0.15) is 18.8 Å². The fraction of sp³-hybridized carbons (Fsp3) is 0.174. The van der Waals surface area contributed by atoms with Crippen LogP contribution in [0.15, 0.2) is 60.7 Å². The summed E-state index contributed by atoms with van der Waals surface area (Å²) < 4.78 is 51.0. The Kier molecular flexibility index (Phi) is 6.85. The van der Waals surface area contributed by atoms with Gasteiger partial charge in [-0.3, -0.25) is 0 Å². The molecule has 3 rings (SSSR count). The summed E-state index contributed by atoms with van der Waals surface area (Å²) >= 11 is 0. The van der Waals surface area contributed by atoms with E-state index in [0.29, 0.717) is 0 Å². The molecule has 156 valence electrons. The Balaban J connectivity index is 2.05. The Morgan fingerprint density at radius 1 is 0.733 bits per heavy atom. The zero-order valence-electron chi connectivity index (χ0n) is 16.5. The van der Waals surface area contributed by atoms with Gasteiger partial charge in [-0.15, -0.1) is 0 Å². The highest BCUT2D eigenvalue weighted by molar-refractivity contribution is 5.92. The maximum atomic E-state index is 15.2. The zero-order valence-corrected chi connectivity index (χ0v) is 16.5. The quantitative estimate of drug-likeness (QED) is 0.490. The predicted molar refractivity (Wildman–Crippen MR) is 106 cm³/mol. The highest BCUT2D eigenvalue weighted by atomic mass is 19.1. The molecular weight excluding hydrogens is 394 g/mol. The Morgan fingerprint density at radius 2 is 1.20 bits per heavy atom. The lowest BCUT2D eigenvalue weighted by Crippen LogP contribution is -2.13. The second-order valence-electron chi connectivity index (χ2n) is 6.23. The molecule has 0 radical (unpaired) electrons. The molecule has 0 aromatic heterocycles. The normalized spacial score (nSPS) is 10.4. The second kappa shape index (κ2) is 9.73. The van der Waals surface area contributed by atoms with E-state index in [0.717, 1.165) is 18.2 Å². The summed E-state index contributed by atoms with van der Waals surface area (Å²) in [5.41, 5.74) is 0.602. The maximum absolute atomic E-state index is 15.2. The molecule has 7 heteroatoms. The maximum Gasteiger partial charge on any atom is 0.344 e. The monoisotopic (exact) mass is 414 g/mol. The van der Waals surface area contributed by atoms with Crippen molar-refractivity contribution in [3.8, 4) is 17.2 Å². The predicted octanol–water partition coefficient (Wildman–Crippen LogP) is 4.92. The third-order valence-corrected chi connectivity index (χ3v) is 4.30. The van der Waals surface area contributed by atoms with E-state index in [2.05, 4.69) is 4.74 Å². The number of hydrogen-bond donors (Lipinski definition) is 0. The average molecular weight is 414 g/mol. The van der Waals surface area contributed by atoms with Gasteiger partial charge in [0.15, 0.2) is 11.6 Å². The molecule has 0 aliphatic carbocycles. The molecule has 0 N–H and O–H groups in total. The standard InChI is InChI=1S/C23H20F2O5/c1-27-20-18(24)17(23(26)28-2)19(25)21(29-13-15-9-5-3-6-10-15)22(20)30-14-16-11-7-4-8-12-16/h3-12H,13-14H2,1-2H3. The van der Waals surface area contributed by atoms with E-state index in [1.807, 2.05) is 24.3 Å². The summed E-state index contributed by atoms with van der Waals surface area (Å²) in [5, 5.41) is 0. The van der Waals surface area contributed by atoms with E-state index in [1.54, 1.807) is 36.4 Å². The molecule has 0 fully saturated rings.